The number of anilines is 1. The summed E-state index contributed by atoms with van der Waals surface area (Å²) in [5.41, 5.74) is 1.86. The van der Waals surface area contributed by atoms with Gasteiger partial charge in [-0.15, -0.1) is 11.3 Å². The van der Waals surface area contributed by atoms with Crippen LogP contribution in [0.5, 0.6) is 5.75 Å². The van der Waals surface area contributed by atoms with E-state index in [4.69, 9.17) is 4.74 Å². The summed E-state index contributed by atoms with van der Waals surface area (Å²) in [7, 11) is 0. The Labute approximate surface area is 142 Å². The van der Waals surface area contributed by atoms with Gasteiger partial charge in [0, 0.05) is 22.3 Å². The molecule has 0 bridgehead atoms. The highest BCUT2D eigenvalue weighted by Gasteiger charge is 2.07. The largest absolute Gasteiger partial charge is 0.486 e. The number of aromatic nitrogens is 1. The summed E-state index contributed by atoms with van der Waals surface area (Å²) in [5, 5.41) is 5.52. The minimum atomic E-state index is -0.394. The van der Waals surface area contributed by atoms with Crippen LogP contribution in [0, 0.1) is 12.7 Å². The second kappa shape index (κ2) is 7.23. The van der Waals surface area contributed by atoms with Gasteiger partial charge in [-0.2, -0.15) is 0 Å². The lowest BCUT2D eigenvalue weighted by molar-refractivity contribution is 0.102. The summed E-state index contributed by atoms with van der Waals surface area (Å²) in [6, 6.07) is 12.5. The van der Waals surface area contributed by atoms with E-state index in [1.165, 1.54) is 12.1 Å². The first kappa shape index (κ1) is 16.1. The average molecular weight is 342 g/mol. The molecule has 3 rings (SSSR count). The molecule has 1 heterocycles. The van der Waals surface area contributed by atoms with Crippen LogP contribution < -0.4 is 10.1 Å². The zero-order valence-corrected chi connectivity index (χ0v) is 13.8. The van der Waals surface area contributed by atoms with Crippen LogP contribution in [0.15, 0.2) is 53.9 Å². The van der Waals surface area contributed by atoms with Gasteiger partial charge in [0.15, 0.2) is 0 Å². The number of carbonyl (C=O) groups excluding carboxylic acids is 1. The highest BCUT2D eigenvalue weighted by atomic mass is 32.1. The second-order valence-electron chi connectivity index (χ2n) is 5.16. The van der Waals surface area contributed by atoms with Gasteiger partial charge in [-0.3, -0.25) is 4.79 Å². The van der Waals surface area contributed by atoms with Crippen LogP contribution in [-0.2, 0) is 6.61 Å². The Kier molecular flexibility index (Phi) is 4.86. The Morgan fingerprint density at radius 3 is 2.71 bits per heavy atom. The Balaban J connectivity index is 1.60. The molecule has 0 fully saturated rings. The molecule has 0 saturated carbocycles. The number of nitrogens with zero attached hydrogens (tertiary/aromatic N) is 1. The van der Waals surface area contributed by atoms with E-state index in [-0.39, 0.29) is 5.91 Å². The first-order valence-corrected chi connectivity index (χ1v) is 8.19. The number of thiazole rings is 1. The molecule has 0 aliphatic rings. The Morgan fingerprint density at radius 2 is 2.04 bits per heavy atom. The van der Waals surface area contributed by atoms with Crippen molar-refractivity contribution >= 4 is 22.9 Å². The number of aryl methyl sites for hydroxylation is 1. The number of benzene rings is 2. The molecule has 3 aromatic rings. The third kappa shape index (κ3) is 4.17. The van der Waals surface area contributed by atoms with Crippen molar-refractivity contribution in [2.24, 2.45) is 0 Å². The van der Waals surface area contributed by atoms with Gasteiger partial charge in [-0.05, 0) is 49.4 Å². The minimum absolute atomic E-state index is 0.303. The number of hydrogen-bond acceptors (Lipinski definition) is 4. The maximum absolute atomic E-state index is 13.1. The SMILES string of the molecule is Cc1csc(COc2ccc(C(=O)Nc3cccc(F)c3)cc2)n1. The van der Waals surface area contributed by atoms with E-state index in [2.05, 4.69) is 10.3 Å². The first-order valence-electron chi connectivity index (χ1n) is 7.31. The zero-order valence-electron chi connectivity index (χ0n) is 13.0. The molecule has 1 amide bonds. The van der Waals surface area contributed by atoms with Gasteiger partial charge < -0.3 is 10.1 Å². The molecule has 122 valence electrons. The fourth-order valence-electron chi connectivity index (χ4n) is 2.09. The second-order valence-corrected chi connectivity index (χ2v) is 6.10. The molecule has 0 aliphatic carbocycles. The predicted octanol–water partition coefficient (Wildman–Crippen LogP) is 4.42. The minimum Gasteiger partial charge on any atom is -0.486 e. The van der Waals surface area contributed by atoms with E-state index in [9.17, 15) is 9.18 Å². The number of carbonyl (C=O) groups is 1. The quantitative estimate of drug-likeness (QED) is 0.747. The summed E-state index contributed by atoms with van der Waals surface area (Å²) >= 11 is 1.55. The summed E-state index contributed by atoms with van der Waals surface area (Å²) in [4.78, 5) is 16.5. The van der Waals surface area contributed by atoms with E-state index in [0.717, 1.165) is 10.7 Å². The standard InChI is InChI=1S/C18H15FN2O2S/c1-12-11-24-17(20-12)10-23-16-7-5-13(6-8-16)18(22)21-15-4-2-3-14(19)9-15/h2-9,11H,10H2,1H3,(H,21,22). The molecule has 0 aliphatic heterocycles. The summed E-state index contributed by atoms with van der Waals surface area (Å²) in [5.74, 6) is -0.0400. The molecule has 0 saturated heterocycles. The van der Waals surface area contributed by atoms with Crippen LogP contribution in [0.1, 0.15) is 21.1 Å². The predicted molar refractivity (Wildman–Crippen MR) is 92.0 cm³/mol. The maximum atomic E-state index is 13.1. The lowest BCUT2D eigenvalue weighted by Gasteiger charge is -2.07. The van der Waals surface area contributed by atoms with Crippen molar-refractivity contribution in [3.05, 3.63) is 76.0 Å². The van der Waals surface area contributed by atoms with Gasteiger partial charge in [-0.1, -0.05) is 6.07 Å². The molecule has 4 nitrogen and oxygen atoms in total. The van der Waals surface area contributed by atoms with E-state index in [1.54, 1.807) is 47.7 Å². The smallest absolute Gasteiger partial charge is 0.255 e. The molecule has 0 spiro atoms. The molecule has 24 heavy (non-hydrogen) atoms. The van der Waals surface area contributed by atoms with Crippen LogP contribution in [0.2, 0.25) is 0 Å². The van der Waals surface area contributed by atoms with Crippen LogP contribution in [0.3, 0.4) is 0 Å². The molecular formula is C18H15FN2O2S. The topological polar surface area (TPSA) is 51.2 Å². The lowest BCUT2D eigenvalue weighted by Crippen LogP contribution is -2.11. The third-order valence-electron chi connectivity index (χ3n) is 3.23. The molecule has 0 unspecified atom stereocenters. The number of amides is 1. The number of rotatable bonds is 5. The van der Waals surface area contributed by atoms with Crippen molar-refractivity contribution < 1.29 is 13.9 Å². The van der Waals surface area contributed by atoms with Gasteiger partial charge >= 0.3 is 0 Å². The van der Waals surface area contributed by atoms with Gasteiger partial charge in [0.25, 0.3) is 5.91 Å². The highest BCUT2D eigenvalue weighted by molar-refractivity contribution is 7.09. The molecule has 2 aromatic carbocycles. The van der Waals surface area contributed by atoms with Gasteiger partial charge in [0.05, 0.1) is 0 Å². The fraction of sp³-hybridized carbons (Fsp3) is 0.111. The molecule has 1 aromatic heterocycles. The molecule has 0 radical (unpaired) electrons. The summed E-state index contributed by atoms with van der Waals surface area (Å²) < 4.78 is 18.8. The monoisotopic (exact) mass is 342 g/mol. The van der Waals surface area contributed by atoms with Crippen LogP contribution in [0.4, 0.5) is 10.1 Å². The van der Waals surface area contributed by atoms with E-state index >= 15 is 0 Å². The Morgan fingerprint density at radius 1 is 1.25 bits per heavy atom. The van der Waals surface area contributed by atoms with E-state index in [1.807, 2.05) is 12.3 Å². The van der Waals surface area contributed by atoms with Crippen LogP contribution in [-0.4, -0.2) is 10.9 Å². The summed E-state index contributed by atoms with van der Waals surface area (Å²) in [6.45, 7) is 2.33. The first-order chi connectivity index (χ1) is 11.6. The molecule has 1 N–H and O–H groups in total. The highest BCUT2D eigenvalue weighted by Crippen LogP contribution is 2.17. The normalized spacial score (nSPS) is 10.4. The lowest BCUT2D eigenvalue weighted by atomic mass is 10.2. The fourth-order valence-corrected chi connectivity index (χ4v) is 2.77. The van der Waals surface area contributed by atoms with Gasteiger partial charge in [0.1, 0.15) is 23.2 Å². The van der Waals surface area contributed by atoms with Gasteiger partial charge in [0.2, 0.25) is 0 Å². The average Bonchev–Trinajstić information content (AvgIpc) is 2.99. The van der Waals surface area contributed by atoms with Crippen molar-refractivity contribution in [1.82, 2.24) is 4.98 Å². The van der Waals surface area contributed by atoms with Gasteiger partial charge in [-0.25, -0.2) is 9.37 Å². The number of nitrogens with one attached hydrogen (secondary N) is 1. The summed E-state index contributed by atoms with van der Waals surface area (Å²) in [6.07, 6.45) is 0. The third-order valence-corrected chi connectivity index (χ3v) is 4.17. The molecule has 0 atom stereocenters. The zero-order chi connectivity index (χ0) is 16.9. The van der Waals surface area contributed by atoms with Crippen molar-refractivity contribution in [3.63, 3.8) is 0 Å². The Bertz CT molecular complexity index is 846. The van der Waals surface area contributed by atoms with E-state index in [0.29, 0.717) is 23.6 Å². The van der Waals surface area contributed by atoms with Crippen molar-refractivity contribution in [3.8, 4) is 5.75 Å². The Hall–Kier alpha value is -2.73. The molecule has 6 heteroatoms. The van der Waals surface area contributed by atoms with Crippen molar-refractivity contribution in [2.45, 2.75) is 13.5 Å². The number of halogens is 1. The van der Waals surface area contributed by atoms with Crippen LogP contribution >= 0.6 is 11.3 Å². The van der Waals surface area contributed by atoms with E-state index < -0.39 is 5.82 Å². The molecular weight excluding hydrogens is 327 g/mol. The van der Waals surface area contributed by atoms with Crippen molar-refractivity contribution in [2.75, 3.05) is 5.32 Å². The van der Waals surface area contributed by atoms with Crippen LogP contribution in [0.25, 0.3) is 0 Å². The number of ether oxygens (including phenoxy) is 1. The maximum Gasteiger partial charge on any atom is 0.255 e. The van der Waals surface area contributed by atoms with Crippen molar-refractivity contribution in [1.29, 1.82) is 0 Å². The number of hydrogen-bond donors (Lipinski definition) is 1.